The summed E-state index contributed by atoms with van der Waals surface area (Å²) in [5.74, 6) is 0.585. The van der Waals surface area contributed by atoms with E-state index < -0.39 is 0 Å². The first-order chi connectivity index (χ1) is 8.72. The third-order valence-electron chi connectivity index (χ3n) is 3.16. The van der Waals surface area contributed by atoms with Gasteiger partial charge in [-0.2, -0.15) is 0 Å². The number of nitrogens with one attached hydrogen (secondary N) is 1. The summed E-state index contributed by atoms with van der Waals surface area (Å²) in [5, 5.41) is 5.79. The number of rotatable bonds is 6. The van der Waals surface area contributed by atoms with E-state index in [4.69, 9.17) is 0 Å². The van der Waals surface area contributed by atoms with Gasteiger partial charge < -0.3 is 9.88 Å². The van der Waals surface area contributed by atoms with Crippen LogP contribution in [0.4, 0.5) is 0 Å². The summed E-state index contributed by atoms with van der Waals surface area (Å²) in [6.45, 7) is 8.50. The van der Waals surface area contributed by atoms with Gasteiger partial charge in [0, 0.05) is 30.2 Å². The van der Waals surface area contributed by atoms with E-state index in [0.29, 0.717) is 12.0 Å². The molecular weight excluding hydrogens is 242 g/mol. The van der Waals surface area contributed by atoms with Gasteiger partial charge >= 0.3 is 0 Å². The Balaban J connectivity index is 2.03. The van der Waals surface area contributed by atoms with Crippen LogP contribution in [0.15, 0.2) is 30.0 Å². The third kappa shape index (κ3) is 3.00. The lowest BCUT2D eigenvalue weighted by Gasteiger charge is -2.21. The van der Waals surface area contributed by atoms with Crippen LogP contribution in [0.5, 0.6) is 0 Å². The lowest BCUT2D eigenvalue weighted by atomic mass is 10.0. The van der Waals surface area contributed by atoms with E-state index in [1.54, 1.807) is 0 Å². The zero-order valence-corrected chi connectivity index (χ0v) is 12.1. The highest BCUT2D eigenvalue weighted by atomic mass is 32.1. The molecular formula is C14H21N3S. The largest absolute Gasteiger partial charge is 0.334 e. The fraction of sp³-hybridized carbons (Fsp3) is 0.500. The fourth-order valence-corrected chi connectivity index (χ4v) is 3.10. The molecule has 1 unspecified atom stereocenters. The van der Waals surface area contributed by atoms with Crippen molar-refractivity contribution < 1.29 is 0 Å². The molecule has 0 aliphatic heterocycles. The molecule has 18 heavy (non-hydrogen) atoms. The van der Waals surface area contributed by atoms with E-state index in [9.17, 15) is 0 Å². The van der Waals surface area contributed by atoms with Crippen LogP contribution < -0.4 is 5.32 Å². The molecule has 2 aromatic rings. The van der Waals surface area contributed by atoms with Crippen LogP contribution in [0.25, 0.3) is 0 Å². The minimum atomic E-state index is 0.421. The molecule has 1 atom stereocenters. The Hall–Kier alpha value is -1.13. The normalized spacial score (nSPS) is 13.1. The molecule has 0 saturated heterocycles. The second-order valence-corrected chi connectivity index (χ2v) is 5.77. The summed E-state index contributed by atoms with van der Waals surface area (Å²) in [4.78, 5) is 5.61. The first kappa shape index (κ1) is 13.3. The second-order valence-electron chi connectivity index (χ2n) is 4.79. The van der Waals surface area contributed by atoms with Gasteiger partial charge in [0.05, 0.1) is 12.0 Å². The predicted octanol–water partition coefficient (Wildman–Crippen LogP) is 3.45. The molecule has 0 fully saturated rings. The molecule has 4 heteroatoms. The fourth-order valence-electron chi connectivity index (χ4n) is 2.13. The van der Waals surface area contributed by atoms with Crippen molar-refractivity contribution in [1.29, 1.82) is 0 Å². The predicted molar refractivity (Wildman–Crippen MR) is 76.6 cm³/mol. The molecule has 0 bridgehead atoms. The number of thiophene rings is 1. The van der Waals surface area contributed by atoms with Gasteiger partial charge in [0.25, 0.3) is 0 Å². The van der Waals surface area contributed by atoms with E-state index in [1.807, 2.05) is 23.9 Å². The van der Waals surface area contributed by atoms with Crippen molar-refractivity contribution in [2.45, 2.75) is 39.9 Å². The molecule has 0 aromatic carbocycles. The van der Waals surface area contributed by atoms with E-state index in [-0.39, 0.29) is 0 Å². The van der Waals surface area contributed by atoms with Gasteiger partial charge in [-0.25, -0.2) is 4.98 Å². The topological polar surface area (TPSA) is 29.9 Å². The van der Waals surface area contributed by atoms with Crippen molar-refractivity contribution in [3.8, 4) is 0 Å². The van der Waals surface area contributed by atoms with Crippen LogP contribution in [0.2, 0.25) is 0 Å². The van der Waals surface area contributed by atoms with Gasteiger partial charge in [-0.05, 0) is 24.3 Å². The summed E-state index contributed by atoms with van der Waals surface area (Å²) in [6, 6.07) is 4.75. The minimum Gasteiger partial charge on any atom is -0.334 e. The first-order valence-corrected chi connectivity index (χ1v) is 7.36. The molecule has 0 amide bonds. The van der Waals surface area contributed by atoms with Crippen LogP contribution in [0.1, 0.15) is 37.4 Å². The highest BCUT2D eigenvalue weighted by Gasteiger charge is 2.16. The number of aryl methyl sites for hydroxylation is 1. The summed E-state index contributed by atoms with van der Waals surface area (Å²) >= 11 is 1.82. The van der Waals surface area contributed by atoms with Gasteiger partial charge in [0.15, 0.2) is 0 Å². The molecule has 0 aliphatic rings. The smallest absolute Gasteiger partial charge is 0.0948 e. The number of nitrogens with zero attached hydrogens (tertiary/aromatic N) is 2. The van der Waals surface area contributed by atoms with E-state index in [1.165, 1.54) is 10.6 Å². The quantitative estimate of drug-likeness (QED) is 0.865. The van der Waals surface area contributed by atoms with Crippen molar-refractivity contribution in [1.82, 2.24) is 14.9 Å². The van der Waals surface area contributed by atoms with Crippen LogP contribution in [0.3, 0.4) is 0 Å². The standard InChI is InChI=1S/C14H21N3S/c1-4-17-10-15-8-12(17)9-16-14(11(2)3)13-6-5-7-18-13/h5-8,10-11,14,16H,4,9H2,1-3H3. The molecule has 3 nitrogen and oxygen atoms in total. The lowest BCUT2D eigenvalue weighted by Crippen LogP contribution is -2.25. The highest BCUT2D eigenvalue weighted by Crippen LogP contribution is 2.26. The summed E-state index contributed by atoms with van der Waals surface area (Å²) < 4.78 is 2.18. The highest BCUT2D eigenvalue weighted by molar-refractivity contribution is 7.10. The Bertz CT molecular complexity index is 459. The Labute approximate surface area is 113 Å². The van der Waals surface area contributed by atoms with Gasteiger partial charge in [-0.3, -0.25) is 0 Å². The van der Waals surface area contributed by atoms with Crippen molar-refractivity contribution in [2.24, 2.45) is 5.92 Å². The maximum atomic E-state index is 4.20. The Morgan fingerprint density at radius 2 is 2.28 bits per heavy atom. The van der Waals surface area contributed by atoms with Crippen molar-refractivity contribution >= 4 is 11.3 Å². The van der Waals surface area contributed by atoms with E-state index in [0.717, 1.165) is 13.1 Å². The molecule has 2 aromatic heterocycles. The van der Waals surface area contributed by atoms with Crippen molar-refractivity contribution in [2.75, 3.05) is 0 Å². The number of aromatic nitrogens is 2. The average Bonchev–Trinajstić information content (AvgIpc) is 2.99. The minimum absolute atomic E-state index is 0.421. The van der Waals surface area contributed by atoms with Crippen molar-refractivity contribution in [3.63, 3.8) is 0 Å². The summed E-state index contributed by atoms with van der Waals surface area (Å²) in [7, 11) is 0. The first-order valence-electron chi connectivity index (χ1n) is 6.48. The number of imidazole rings is 1. The van der Waals surface area contributed by atoms with Gasteiger partial charge in [0.1, 0.15) is 0 Å². The molecule has 0 radical (unpaired) electrons. The van der Waals surface area contributed by atoms with E-state index in [2.05, 4.69) is 53.2 Å². The molecule has 2 heterocycles. The van der Waals surface area contributed by atoms with Gasteiger partial charge in [-0.15, -0.1) is 11.3 Å². The molecule has 0 aliphatic carbocycles. The molecule has 0 saturated carbocycles. The SMILES string of the molecule is CCn1cncc1CNC(c1cccs1)C(C)C. The average molecular weight is 263 g/mol. The molecule has 1 N–H and O–H groups in total. The lowest BCUT2D eigenvalue weighted by molar-refractivity contribution is 0.410. The van der Waals surface area contributed by atoms with Gasteiger partial charge in [0.2, 0.25) is 0 Å². The maximum Gasteiger partial charge on any atom is 0.0948 e. The van der Waals surface area contributed by atoms with Crippen LogP contribution in [-0.2, 0) is 13.1 Å². The zero-order valence-electron chi connectivity index (χ0n) is 11.3. The van der Waals surface area contributed by atoms with E-state index >= 15 is 0 Å². The summed E-state index contributed by atoms with van der Waals surface area (Å²) in [6.07, 6.45) is 3.84. The zero-order chi connectivity index (χ0) is 13.0. The third-order valence-corrected chi connectivity index (χ3v) is 4.11. The Morgan fingerprint density at radius 1 is 1.44 bits per heavy atom. The number of hydrogen-bond donors (Lipinski definition) is 1. The summed E-state index contributed by atoms with van der Waals surface area (Å²) in [5.41, 5.74) is 1.25. The second kappa shape index (κ2) is 6.16. The van der Waals surface area contributed by atoms with Gasteiger partial charge in [-0.1, -0.05) is 19.9 Å². The Morgan fingerprint density at radius 3 is 2.89 bits per heavy atom. The molecule has 2 rings (SSSR count). The van der Waals surface area contributed by atoms with Crippen LogP contribution in [0, 0.1) is 5.92 Å². The maximum absolute atomic E-state index is 4.20. The number of hydrogen-bond acceptors (Lipinski definition) is 3. The van der Waals surface area contributed by atoms with Crippen LogP contribution >= 0.6 is 11.3 Å². The van der Waals surface area contributed by atoms with Crippen LogP contribution in [-0.4, -0.2) is 9.55 Å². The van der Waals surface area contributed by atoms with Crippen molar-refractivity contribution in [3.05, 3.63) is 40.6 Å². The Kier molecular flexibility index (Phi) is 4.55. The molecule has 98 valence electrons. The monoisotopic (exact) mass is 263 g/mol. The molecule has 0 spiro atoms.